The van der Waals surface area contributed by atoms with Gasteiger partial charge < -0.3 is 19.9 Å². The molecule has 6 heteroatoms. The maximum atomic E-state index is 12.2. The van der Waals surface area contributed by atoms with Gasteiger partial charge in [0, 0.05) is 30.5 Å². The smallest absolute Gasteiger partial charge is 0.321 e. The molecule has 3 rings (SSSR count). The minimum absolute atomic E-state index is 0.206. The summed E-state index contributed by atoms with van der Waals surface area (Å²) in [4.78, 5) is 13.8. The van der Waals surface area contributed by atoms with E-state index in [-0.39, 0.29) is 6.03 Å². The quantitative estimate of drug-likeness (QED) is 0.896. The van der Waals surface area contributed by atoms with Crippen molar-refractivity contribution in [2.24, 2.45) is 0 Å². The third-order valence-corrected chi connectivity index (χ3v) is 3.77. The first-order valence-corrected chi connectivity index (χ1v) is 7.18. The Kier molecular flexibility index (Phi) is 3.86. The summed E-state index contributed by atoms with van der Waals surface area (Å²) >= 11 is 6.05. The summed E-state index contributed by atoms with van der Waals surface area (Å²) in [6.07, 6.45) is 3.98. The van der Waals surface area contributed by atoms with Crippen LogP contribution in [-0.2, 0) is 0 Å². The van der Waals surface area contributed by atoms with Crippen molar-refractivity contribution >= 4 is 23.3 Å². The number of nitrogens with zero attached hydrogens (tertiary/aromatic N) is 2. The van der Waals surface area contributed by atoms with Gasteiger partial charge in [0.1, 0.15) is 0 Å². The molecule has 2 amide bonds. The molecule has 5 nitrogen and oxygen atoms in total. The van der Waals surface area contributed by atoms with Crippen LogP contribution in [0, 0.1) is 0 Å². The minimum atomic E-state index is -0.426. The second kappa shape index (κ2) is 5.79. The van der Waals surface area contributed by atoms with E-state index in [1.165, 1.54) is 0 Å². The molecule has 0 aliphatic carbocycles. The fraction of sp³-hybridized carbons (Fsp3) is 0.267. The Morgan fingerprint density at radius 2 is 2.10 bits per heavy atom. The molecular formula is C15H16ClN3O2. The van der Waals surface area contributed by atoms with Gasteiger partial charge in [-0.15, -0.1) is 0 Å². The number of nitrogens with one attached hydrogen (secondary N) is 1. The number of likely N-dealkylation sites (tertiary alicyclic amines) is 1. The molecule has 1 saturated heterocycles. The van der Waals surface area contributed by atoms with E-state index in [2.05, 4.69) is 5.32 Å². The lowest BCUT2D eigenvalue weighted by Crippen LogP contribution is -2.33. The summed E-state index contributed by atoms with van der Waals surface area (Å²) in [7, 11) is 0. The van der Waals surface area contributed by atoms with E-state index in [9.17, 15) is 9.90 Å². The van der Waals surface area contributed by atoms with E-state index in [1.807, 2.05) is 29.1 Å². The zero-order chi connectivity index (χ0) is 14.8. The molecule has 1 aliphatic rings. The van der Waals surface area contributed by atoms with Gasteiger partial charge in [0.15, 0.2) is 0 Å². The van der Waals surface area contributed by atoms with Crippen LogP contribution in [0.2, 0.25) is 5.02 Å². The molecule has 1 aliphatic heterocycles. The largest absolute Gasteiger partial charge is 0.391 e. The number of aromatic nitrogens is 1. The number of rotatable bonds is 2. The lowest BCUT2D eigenvalue weighted by Gasteiger charge is -2.18. The number of anilines is 1. The number of hydrogen-bond donors (Lipinski definition) is 2. The van der Waals surface area contributed by atoms with Crippen LogP contribution in [0.4, 0.5) is 10.5 Å². The standard InChI is InChI=1S/C15H16ClN3O2/c16-11-3-4-13(14(9-11)18-6-1-2-7-18)17-15(21)19-8-5-12(20)10-19/h1-4,6-7,9,12,20H,5,8,10H2,(H,17,21)/t12-/m0/s1. The summed E-state index contributed by atoms with van der Waals surface area (Å²) in [6, 6.07) is 8.93. The Morgan fingerprint density at radius 3 is 2.76 bits per heavy atom. The van der Waals surface area contributed by atoms with E-state index >= 15 is 0 Å². The first-order valence-electron chi connectivity index (χ1n) is 6.80. The molecule has 2 heterocycles. The van der Waals surface area contributed by atoms with Crippen LogP contribution < -0.4 is 5.32 Å². The van der Waals surface area contributed by atoms with Crippen LogP contribution in [0.25, 0.3) is 5.69 Å². The summed E-state index contributed by atoms with van der Waals surface area (Å²) in [5.74, 6) is 0. The SMILES string of the molecule is O=C(Nc1ccc(Cl)cc1-n1cccc1)N1CC[C@H](O)C1. The monoisotopic (exact) mass is 305 g/mol. The van der Waals surface area contributed by atoms with Gasteiger partial charge in [-0.25, -0.2) is 4.79 Å². The highest BCUT2D eigenvalue weighted by atomic mass is 35.5. The summed E-state index contributed by atoms with van der Waals surface area (Å²) < 4.78 is 1.89. The number of β-amino-alcohol motifs (C(OH)–C–C–N with tert-alkyl or cyclic N) is 1. The van der Waals surface area contributed by atoms with E-state index in [0.717, 1.165) is 5.69 Å². The molecule has 0 spiro atoms. The third kappa shape index (κ3) is 3.04. The van der Waals surface area contributed by atoms with Gasteiger partial charge in [0.2, 0.25) is 0 Å². The molecule has 0 radical (unpaired) electrons. The first kappa shape index (κ1) is 14.0. The molecule has 0 saturated carbocycles. The predicted molar refractivity (Wildman–Crippen MR) is 82.0 cm³/mol. The molecule has 0 bridgehead atoms. The number of hydrogen-bond acceptors (Lipinski definition) is 2. The Bertz CT molecular complexity index is 642. The van der Waals surface area contributed by atoms with E-state index in [0.29, 0.717) is 30.2 Å². The second-order valence-corrected chi connectivity index (χ2v) is 5.51. The van der Waals surface area contributed by atoms with Crippen LogP contribution in [0.1, 0.15) is 6.42 Å². The molecule has 1 atom stereocenters. The third-order valence-electron chi connectivity index (χ3n) is 3.53. The molecule has 1 fully saturated rings. The minimum Gasteiger partial charge on any atom is -0.391 e. The molecule has 21 heavy (non-hydrogen) atoms. The van der Waals surface area contributed by atoms with Crippen molar-refractivity contribution in [1.82, 2.24) is 9.47 Å². The molecule has 110 valence electrons. The summed E-state index contributed by atoms with van der Waals surface area (Å²) in [5, 5.41) is 13.0. The zero-order valence-electron chi connectivity index (χ0n) is 11.4. The van der Waals surface area contributed by atoms with Crippen molar-refractivity contribution in [1.29, 1.82) is 0 Å². The van der Waals surface area contributed by atoms with Crippen LogP contribution in [0.15, 0.2) is 42.7 Å². The normalized spacial score (nSPS) is 18.0. The van der Waals surface area contributed by atoms with Gasteiger partial charge in [-0.05, 0) is 36.8 Å². The van der Waals surface area contributed by atoms with Crippen molar-refractivity contribution in [2.45, 2.75) is 12.5 Å². The van der Waals surface area contributed by atoms with Crippen molar-refractivity contribution in [2.75, 3.05) is 18.4 Å². The maximum absolute atomic E-state index is 12.2. The number of carbonyl (C=O) groups is 1. The zero-order valence-corrected chi connectivity index (χ0v) is 12.1. The van der Waals surface area contributed by atoms with E-state index in [1.54, 1.807) is 23.1 Å². The molecular weight excluding hydrogens is 290 g/mol. The number of halogens is 1. The highest BCUT2D eigenvalue weighted by Gasteiger charge is 2.25. The topological polar surface area (TPSA) is 57.5 Å². The highest BCUT2D eigenvalue weighted by Crippen LogP contribution is 2.25. The van der Waals surface area contributed by atoms with Gasteiger partial charge in [-0.2, -0.15) is 0 Å². The maximum Gasteiger partial charge on any atom is 0.321 e. The van der Waals surface area contributed by atoms with Gasteiger partial charge in [-0.1, -0.05) is 11.6 Å². The van der Waals surface area contributed by atoms with Crippen LogP contribution in [0.5, 0.6) is 0 Å². The molecule has 2 aromatic rings. The van der Waals surface area contributed by atoms with Gasteiger partial charge in [-0.3, -0.25) is 0 Å². The molecule has 1 aromatic heterocycles. The van der Waals surface area contributed by atoms with Gasteiger partial charge in [0.25, 0.3) is 0 Å². The fourth-order valence-electron chi connectivity index (χ4n) is 2.44. The highest BCUT2D eigenvalue weighted by molar-refractivity contribution is 6.30. The second-order valence-electron chi connectivity index (χ2n) is 5.07. The predicted octanol–water partition coefficient (Wildman–Crippen LogP) is 2.73. The lowest BCUT2D eigenvalue weighted by atomic mass is 10.2. The van der Waals surface area contributed by atoms with Crippen molar-refractivity contribution in [3.63, 3.8) is 0 Å². The molecule has 1 aromatic carbocycles. The number of amides is 2. The van der Waals surface area contributed by atoms with Crippen LogP contribution in [0.3, 0.4) is 0 Å². The fourth-order valence-corrected chi connectivity index (χ4v) is 2.61. The average molecular weight is 306 g/mol. The van der Waals surface area contributed by atoms with E-state index < -0.39 is 6.10 Å². The van der Waals surface area contributed by atoms with Crippen molar-refractivity contribution in [3.8, 4) is 5.69 Å². The summed E-state index contributed by atoms with van der Waals surface area (Å²) in [5.41, 5.74) is 1.49. The summed E-state index contributed by atoms with van der Waals surface area (Å²) in [6.45, 7) is 0.942. The van der Waals surface area contributed by atoms with E-state index in [4.69, 9.17) is 11.6 Å². The van der Waals surface area contributed by atoms with Crippen LogP contribution >= 0.6 is 11.6 Å². The van der Waals surface area contributed by atoms with Crippen molar-refractivity contribution < 1.29 is 9.90 Å². The number of benzene rings is 1. The van der Waals surface area contributed by atoms with Gasteiger partial charge >= 0.3 is 6.03 Å². The number of aliphatic hydroxyl groups excluding tert-OH is 1. The Hall–Kier alpha value is -1.98. The Labute approximate surface area is 127 Å². The van der Waals surface area contributed by atoms with Crippen LogP contribution in [-0.4, -0.2) is 39.8 Å². The Balaban J connectivity index is 1.84. The van der Waals surface area contributed by atoms with Gasteiger partial charge in [0.05, 0.1) is 17.5 Å². The molecule has 0 unspecified atom stereocenters. The number of carbonyl (C=O) groups excluding carboxylic acids is 1. The Morgan fingerprint density at radius 1 is 1.33 bits per heavy atom. The molecule has 2 N–H and O–H groups in total. The lowest BCUT2D eigenvalue weighted by molar-refractivity contribution is 0.176. The average Bonchev–Trinajstić information content (AvgIpc) is 3.11. The number of urea groups is 1. The number of aliphatic hydroxyl groups is 1. The van der Waals surface area contributed by atoms with Crippen molar-refractivity contribution in [3.05, 3.63) is 47.7 Å². The first-order chi connectivity index (χ1) is 10.1.